The van der Waals surface area contributed by atoms with Crippen molar-refractivity contribution in [1.82, 2.24) is 19.8 Å². The molecule has 0 bridgehead atoms. The maximum absolute atomic E-state index is 14.2. The van der Waals surface area contributed by atoms with Crippen LogP contribution in [0.25, 0.3) is 0 Å². The monoisotopic (exact) mass is 612 g/mol. The molecule has 2 amide bonds. The zero-order valence-corrected chi connectivity index (χ0v) is 23.8. The number of hydrogen-bond donors (Lipinski definition) is 1. The number of benzene rings is 1. The lowest BCUT2D eigenvalue weighted by Gasteiger charge is -2.31. The van der Waals surface area contributed by atoms with Crippen LogP contribution in [0.4, 0.5) is 22.4 Å². The van der Waals surface area contributed by atoms with Gasteiger partial charge in [-0.1, -0.05) is 0 Å². The molecule has 2 heterocycles. The number of rotatable bonds is 5. The Labute approximate surface area is 219 Å². The summed E-state index contributed by atoms with van der Waals surface area (Å²) in [5, 5.41) is 3.77. The molecular formula is C22H27BrF4N4O3P2. The van der Waals surface area contributed by atoms with E-state index in [-0.39, 0.29) is 48.7 Å². The van der Waals surface area contributed by atoms with Crippen molar-refractivity contribution in [3.63, 3.8) is 0 Å². The zero-order chi connectivity index (χ0) is 27.0. The van der Waals surface area contributed by atoms with Crippen LogP contribution in [0.2, 0.25) is 0 Å². The number of halogens is 5. The number of hydrogen-bond acceptors (Lipinski definition) is 4. The molecule has 198 valence electrons. The van der Waals surface area contributed by atoms with Crippen LogP contribution in [0.1, 0.15) is 44.3 Å². The first kappa shape index (κ1) is 28.8. The number of alkyl carbamates (subject to hydrolysis) is 1. The zero-order valence-electron chi connectivity index (χ0n) is 19.9. The molecule has 3 rings (SSSR count). The van der Waals surface area contributed by atoms with Crippen molar-refractivity contribution in [1.29, 1.82) is 0 Å². The number of alkyl halides is 3. The molecular weight excluding hydrogens is 586 g/mol. The molecule has 1 aliphatic rings. The van der Waals surface area contributed by atoms with E-state index in [1.54, 1.807) is 26.8 Å². The molecule has 3 atom stereocenters. The molecule has 0 fully saturated rings. The second-order valence-electron chi connectivity index (χ2n) is 9.46. The summed E-state index contributed by atoms with van der Waals surface area (Å²) in [6.07, 6.45) is -5.37. The summed E-state index contributed by atoms with van der Waals surface area (Å²) in [4.78, 5) is 30.6. The maximum Gasteiger partial charge on any atom is 0.449 e. The average Bonchev–Trinajstić information content (AvgIpc) is 3.07. The summed E-state index contributed by atoms with van der Waals surface area (Å²) >= 11 is 3.07. The summed E-state index contributed by atoms with van der Waals surface area (Å²) in [6, 6.07) is 2.21. The fraction of sp³-hybridized carbons (Fsp3) is 0.500. The van der Waals surface area contributed by atoms with Gasteiger partial charge in [0.2, 0.25) is 11.7 Å². The summed E-state index contributed by atoms with van der Waals surface area (Å²) in [6.45, 7) is 4.99. The maximum atomic E-state index is 14.2. The second kappa shape index (κ2) is 10.9. The molecule has 1 aliphatic heterocycles. The standard InChI is InChI=1S/C22H27BrF4N4O3P2/c1-21(2,3)34-20(33)28-12(6-11-7-13(24)16(36)9-15(11)35)8-17(32)30-4-5-31-14(10-30)18(23)29-19(31)22(25,26)27/h7,9,12H,4-6,8,10,35-36H2,1-3H3,(H,28,33). The summed E-state index contributed by atoms with van der Waals surface area (Å²) in [5.74, 6) is -1.84. The number of imidazole rings is 1. The van der Waals surface area contributed by atoms with Gasteiger partial charge in [0.25, 0.3) is 0 Å². The number of fused-ring (bicyclic) bond motifs is 1. The first-order valence-electron chi connectivity index (χ1n) is 11.0. The smallest absolute Gasteiger partial charge is 0.444 e. The summed E-state index contributed by atoms with van der Waals surface area (Å²) < 4.78 is 60.4. The van der Waals surface area contributed by atoms with Gasteiger partial charge in [-0.05, 0) is 66.1 Å². The molecule has 2 aromatic rings. The van der Waals surface area contributed by atoms with Crippen molar-refractivity contribution in [3.8, 4) is 0 Å². The van der Waals surface area contributed by atoms with E-state index < -0.39 is 35.6 Å². The first-order valence-corrected chi connectivity index (χ1v) is 12.9. The van der Waals surface area contributed by atoms with Crippen LogP contribution in [-0.4, -0.2) is 44.6 Å². The highest BCUT2D eigenvalue weighted by Crippen LogP contribution is 2.34. The Kier molecular flexibility index (Phi) is 8.73. The van der Waals surface area contributed by atoms with E-state index in [4.69, 9.17) is 4.74 Å². The van der Waals surface area contributed by atoms with E-state index in [1.807, 2.05) is 0 Å². The molecule has 0 saturated carbocycles. The van der Waals surface area contributed by atoms with Gasteiger partial charge in [-0.15, -0.1) is 18.5 Å². The number of aromatic nitrogens is 2. The number of carbonyl (C=O) groups excluding carboxylic acids is 2. The van der Waals surface area contributed by atoms with Crippen LogP contribution in [0, 0.1) is 5.82 Å². The molecule has 1 aromatic heterocycles. The lowest BCUT2D eigenvalue weighted by atomic mass is 10.0. The summed E-state index contributed by atoms with van der Waals surface area (Å²) in [7, 11) is 4.80. The van der Waals surface area contributed by atoms with Crippen molar-refractivity contribution in [2.45, 2.75) is 64.5 Å². The van der Waals surface area contributed by atoms with Crippen LogP contribution >= 0.6 is 34.4 Å². The molecule has 14 heteroatoms. The quantitative estimate of drug-likeness (QED) is 0.413. The minimum atomic E-state index is -4.62. The number of nitrogens with one attached hydrogen (secondary N) is 1. The Morgan fingerprint density at radius 1 is 1.19 bits per heavy atom. The van der Waals surface area contributed by atoms with Gasteiger partial charge < -0.3 is 19.5 Å². The Morgan fingerprint density at radius 3 is 2.47 bits per heavy atom. The molecule has 1 aromatic carbocycles. The molecule has 36 heavy (non-hydrogen) atoms. The molecule has 0 spiro atoms. The Hall–Kier alpha value is -1.77. The van der Waals surface area contributed by atoms with E-state index in [2.05, 4.69) is 44.7 Å². The van der Waals surface area contributed by atoms with Crippen molar-refractivity contribution in [2.75, 3.05) is 6.54 Å². The molecule has 3 unspecified atom stereocenters. The van der Waals surface area contributed by atoms with E-state index in [0.29, 0.717) is 16.2 Å². The van der Waals surface area contributed by atoms with E-state index in [1.165, 1.54) is 11.0 Å². The first-order chi connectivity index (χ1) is 16.5. The minimum absolute atomic E-state index is 0.0244. The normalized spacial score (nSPS) is 14.9. The van der Waals surface area contributed by atoms with Gasteiger partial charge in [0, 0.05) is 30.9 Å². The van der Waals surface area contributed by atoms with Crippen LogP contribution in [0.5, 0.6) is 0 Å². The van der Waals surface area contributed by atoms with Crippen molar-refractivity contribution >= 4 is 57.0 Å². The van der Waals surface area contributed by atoms with Gasteiger partial charge in [0.05, 0.1) is 12.2 Å². The van der Waals surface area contributed by atoms with Gasteiger partial charge in [0.1, 0.15) is 16.0 Å². The summed E-state index contributed by atoms with van der Waals surface area (Å²) in [5.41, 5.74) is 0.0431. The average molecular weight is 613 g/mol. The van der Waals surface area contributed by atoms with Crippen LogP contribution < -0.4 is 15.9 Å². The fourth-order valence-electron chi connectivity index (χ4n) is 3.84. The molecule has 0 radical (unpaired) electrons. The fourth-order valence-corrected chi connectivity index (χ4v) is 5.18. The molecule has 0 saturated heterocycles. The van der Waals surface area contributed by atoms with Gasteiger partial charge in [-0.2, -0.15) is 13.2 Å². The predicted octanol–water partition coefficient (Wildman–Crippen LogP) is 3.67. The number of carbonyl (C=O) groups is 2. The van der Waals surface area contributed by atoms with Crippen LogP contribution in [0.3, 0.4) is 0 Å². The third kappa shape index (κ3) is 7.17. The second-order valence-corrected chi connectivity index (χ2v) is 11.5. The van der Waals surface area contributed by atoms with Crippen LogP contribution in [-0.2, 0) is 35.2 Å². The van der Waals surface area contributed by atoms with Crippen LogP contribution in [0.15, 0.2) is 16.7 Å². The SMILES string of the molecule is CC(C)(C)OC(=O)NC(CC(=O)N1CCn2c(C(F)(F)F)nc(Br)c2C1)Cc1cc(F)c(P)cc1P. The Bertz CT molecular complexity index is 1170. The third-order valence-corrected chi connectivity index (χ3v) is 7.05. The molecule has 7 nitrogen and oxygen atoms in total. The van der Waals surface area contributed by atoms with Gasteiger partial charge in [-0.3, -0.25) is 4.79 Å². The van der Waals surface area contributed by atoms with Crippen molar-refractivity contribution in [3.05, 3.63) is 39.6 Å². The highest BCUT2D eigenvalue weighted by atomic mass is 79.9. The lowest BCUT2D eigenvalue weighted by Crippen LogP contribution is -2.45. The highest BCUT2D eigenvalue weighted by molar-refractivity contribution is 9.10. The Morgan fingerprint density at radius 2 is 1.86 bits per heavy atom. The third-order valence-electron chi connectivity index (χ3n) is 5.43. The molecule has 1 N–H and O–H groups in total. The Balaban J connectivity index is 1.79. The molecule has 0 aliphatic carbocycles. The van der Waals surface area contributed by atoms with Gasteiger partial charge >= 0.3 is 12.3 Å². The van der Waals surface area contributed by atoms with E-state index in [9.17, 15) is 27.2 Å². The highest BCUT2D eigenvalue weighted by Gasteiger charge is 2.40. The minimum Gasteiger partial charge on any atom is -0.444 e. The number of amides is 2. The van der Waals surface area contributed by atoms with Crippen molar-refractivity contribution < 1.29 is 31.9 Å². The van der Waals surface area contributed by atoms with Gasteiger partial charge in [0.15, 0.2) is 0 Å². The largest absolute Gasteiger partial charge is 0.449 e. The van der Waals surface area contributed by atoms with Gasteiger partial charge in [-0.25, -0.2) is 14.2 Å². The number of ether oxygens (including phenoxy) is 1. The topological polar surface area (TPSA) is 76.5 Å². The lowest BCUT2D eigenvalue weighted by molar-refractivity contribution is -0.148. The van der Waals surface area contributed by atoms with E-state index >= 15 is 0 Å². The van der Waals surface area contributed by atoms with Crippen molar-refractivity contribution in [2.24, 2.45) is 0 Å². The number of nitrogens with zero attached hydrogens (tertiary/aromatic N) is 3. The predicted molar refractivity (Wildman–Crippen MR) is 137 cm³/mol. The van der Waals surface area contributed by atoms with E-state index in [0.717, 1.165) is 4.57 Å².